The number of rotatable bonds is 4. The topological polar surface area (TPSA) is 62.1 Å². The van der Waals surface area contributed by atoms with Gasteiger partial charge in [0.15, 0.2) is 0 Å². The summed E-state index contributed by atoms with van der Waals surface area (Å²) in [5, 5.41) is 12.2. The third-order valence-electron chi connectivity index (χ3n) is 3.35. The molecule has 100 valence electrons. The number of benzene rings is 1. The second kappa shape index (κ2) is 6.35. The minimum absolute atomic E-state index is 0.157. The summed E-state index contributed by atoms with van der Waals surface area (Å²) in [5.41, 5.74) is 1.80. The number of esters is 1. The third kappa shape index (κ3) is 3.55. The summed E-state index contributed by atoms with van der Waals surface area (Å²) in [7, 11) is 0. The fourth-order valence-corrected chi connectivity index (χ4v) is 2.46. The first-order valence-corrected chi connectivity index (χ1v) is 6.64. The minimum Gasteiger partial charge on any atom is -0.465 e. The Balaban J connectivity index is 1.91. The Labute approximate surface area is 113 Å². The van der Waals surface area contributed by atoms with E-state index in [1.54, 1.807) is 6.07 Å². The molecule has 0 aromatic heterocycles. The molecule has 0 saturated carbocycles. The molecule has 1 aromatic rings. The average molecular weight is 258 g/mol. The van der Waals surface area contributed by atoms with E-state index in [0.29, 0.717) is 12.2 Å². The number of hydrogen-bond donors (Lipinski definition) is 1. The highest BCUT2D eigenvalue weighted by atomic mass is 16.5. The summed E-state index contributed by atoms with van der Waals surface area (Å²) < 4.78 is 5.02. The number of carbonyl (C=O) groups excluding carboxylic acids is 1. The zero-order valence-electron chi connectivity index (χ0n) is 11.1. The zero-order chi connectivity index (χ0) is 13.7. The summed E-state index contributed by atoms with van der Waals surface area (Å²) in [6.45, 7) is 2.24. The maximum atomic E-state index is 11.6. The van der Waals surface area contributed by atoms with Gasteiger partial charge in [-0.2, -0.15) is 5.26 Å². The van der Waals surface area contributed by atoms with Gasteiger partial charge in [0, 0.05) is 6.04 Å². The Morgan fingerprint density at radius 1 is 1.53 bits per heavy atom. The van der Waals surface area contributed by atoms with Crippen LogP contribution in [0.25, 0.3) is 0 Å². The number of nitrogens with zero attached hydrogens (tertiary/aromatic N) is 1. The lowest BCUT2D eigenvalue weighted by Gasteiger charge is -2.13. The van der Waals surface area contributed by atoms with E-state index in [1.807, 2.05) is 25.1 Å². The van der Waals surface area contributed by atoms with Gasteiger partial charge in [-0.25, -0.2) is 0 Å². The molecule has 4 nitrogen and oxygen atoms in total. The molecule has 0 spiro atoms. The lowest BCUT2D eigenvalue weighted by Crippen LogP contribution is -2.37. The molecule has 0 amide bonds. The number of ether oxygens (including phenoxy) is 1. The molecule has 0 bridgehead atoms. The molecular formula is C15H18N2O2. The van der Waals surface area contributed by atoms with Crippen LogP contribution in [0.5, 0.6) is 0 Å². The highest BCUT2D eigenvalue weighted by Crippen LogP contribution is 2.18. The van der Waals surface area contributed by atoms with Crippen molar-refractivity contribution in [2.45, 2.75) is 38.3 Å². The van der Waals surface area contributed by atoms with Gasteiger partial charge in [-0.3, -0.25) is 4.79 Å². The van der Waals surface area contributed by atoms with Gasteiger partial charge in [-0.1, -0.05) is 12.1 Å². The molecule has 1 fully saturated rings. The van der Waals surface area contributed by atoms with Crippen LogP contribution >= 0.6 is 0 Å². The van der Waals surface area contributed by atoms with Gasteiger partial charge >= 0.3 is 5.97 Å². The van der Waals surface area contributed by atoms with E-state index >= 15 is 0 Å². The van der Waals surface area contributed by atoms with Crippen molar-refractivity contribution in [1.29, 1.82) is 5.26 Å². The molecule has 2 rings (SSSR count). The predicted molar refractivity (Wildman–Crippen MR) is 71.4 cm³/mol. The molecule has 0 unspecified atom stereocenters. The molecule has 1 aromatic carbocycles. The lowest BCUT2D eigenvalue weighted by atomic mass is 10.0. The highest BCUT2D eigenvalue weighted by Gasteiger charge is 2.29. The predicted octanol–water partition coefficient (Wildman–Crippen LogP) is 1.78. The van der Waals surface area contributed by atoms with Crippen LogP contribution in [-0.4, -0.2) is 24.7 Å². The van der Waals surface area contributed by atoms with Crippen LogP contribution in [0.3, 0.4) is 0 Å². The quantitative estimate of drug-likeness (QED) is 0.836. The summed E-state index contributed by atoms with van der Waals surface area (Å²) >= 11 is 0. The Morgan fingerprint density at radius 3 is 3.11 bits per heavy atom. The van der Waals surface area contributed by atoms with Crippen LogP contribution in [0.15, 0.2) is 24.3 Å². The fourth-order valence-electron chi connectivity index (χ4n) is 2.46. The second-order valence-electron chi connectivity index (χ2n) is 4.76. The maximum absolute atomic E-state index is 11.6. The van der Waals surface area contributed by atoms with Crippen molar-refractivity contribution in [3.63, 3.8) is 0 Å². The summed E-state index contributed by atoms with van der Waals surface area (Å²) in [4.78, 5) is 11.6. The van der Waals surface area contributed by atoms with Gasteiger partial charge in [-0.15, -0.1) is 0 Å². The highest BCUT2D eigenvalue weighted by molar-refractivity contribution is 5.76. The van der Waals surface area contributed by atoms with Crippen molar-refractivity contribution >= 4 is 5.97 Å². The van der Waals surface area contributed by atoms with Gasteiger partial charge in [0.05, 0.1) is 18.2 Å². The first-order valence-electron chi connectivity index (χ1n) is 6.64. The first kappa shape index (κ1) is 13.6. The molecule has 0 aliphatic carbocycles. The fraction of sp³-hybridized carbons (Fsp3) is 0.467. The number of nitrogens with one attached hydrogen (secondary N) is 1. The Bertz CT molecular complexity index is 493. The smallest absolute Gasteiger partial charge is 0.323 e. The Hall–Kier alpha value is -1.86. The minimum atomic E-state index is -0.177. The number of hydrogen-bond acceptors (Lipinski definition) is 4. The molecule has 0 radical (unpaired) electrons. The number of nitriles is 1. The van der Waals surface area contributed by atoms with Crippen LogP contribution in [0.1, 0.15) is 30.9 Å². The van der Waals surface area contributed by atoms with E-state index < -0.39 is 0 Å². The maximum Gasteiger partial charge on any atom is 0.323 e. The van der Waals surface area contributed by atoms with Crippen LogP contribution in [0.2, 0.25) is 0 Å². The van der Waals surface area contributed by atoms with Crippen LogP contribution in [0, 0.1) is 11.3 Å². The van der Waals surface area contributed by atoms with E-state index in [-0.39, 0.29) is 18.1 Å². The molecule has 1 N–H and O–H groups in total. The van der Waals surface area contributed by atoms with Crippen molar-refractivity contribution in [2.75, 3.05) is 6.61 Å². The monoisotopic (exact) mass is 258 g/mol. The molecule has 1 saturated heterocycles. The molecule has 1 aliphatic rings. The number of carbonyl (C=O) groups is 1. The van der Waals surface area contributed by atoms with Gasteiger partial charge in [0.2, 0.25) is 0 Å². The van der Waals surface area contributed by atoms with E-state index in [9.17, 15) is 4.79 Å². The molecule has 1 aliphatic heterocycles. The molecule has 19 heavy (non-hydrogen) atoms. The van der Waals surface area contributed by atoms with Crippen LogP contribution in [-0.2, 0) is 16.0 Å². The van der Waals surface area contributed by atoms with E-state index in [2.05, 4.69) is 11.4 Å². The molecule has 1 heterocycles. The first-order chi connectivity index (χ1) is 9.22. The molecular weight excluding hydrogens is 240 g/mol. The SMILES string of the molecule is CCOC(=O)[C@@H]1CC[C@H](Cc2cccc(C#N)c2)N1. The summed E-state index contributed by atoms with van der Waals surface area (Å²) in [6.07, 6.45) is 2.62. The standard InChI is InChI=1S/C15H18N2O2/c1-2-19-15(18)14-7-6-13(17-14)9-11-4-3-5-12(8-11)10-16/h3-5,8,13-14,17H,2,6-7,9H2,1H3/t13-,14+/m1/s1. The molecule has 4 heteroatoms. The summed E-state index contributed by atoms with van der Waals surface area (Å²) in [5.74, 6) is -0.157. The van der Waals surface area contributed by atoms with Crippen molar-refractivity contribution in [3.05, 3.63) is 35.4 Å². The Kier molecular flexibility index (Phi) is 4.53. The average Bonchev–Trinajstić information content (AvgIpc) is 2.88. The van der Waals surface area contributed by atoms with Crippen molar-refractivity contribution in [1.82, 2.24) is 5.32 Å². The van der Waals surface area contributed by atoms with E-state index in [0.717, 1.165) is 24.8 Å². The van der Waals surface area contributed by atoms with Gasteiger partial charge in [-0.05, 0) is 43.9 Å². The van der Waals surface area contributed by atoms with Crippen LogP contribution in [0.4, 0.5) is 0 Å². The summed E-state index contributed by atoms with van der Waals surface area (Å²) in [6, 6.07) is 9.85. The van der Waals surface area contributed by atoms with Crippen molar-refractivity contribution in [2.24, 2.45) is 0 Å². The van der Waals surface area contributed by atoms with Gasteiger partial charge in [0.25, 0.3) is 0 Å². The van der Waals surface area contributed by atoms with E-state index in [4.69, 9.17) is 10.00 Å². The lowest BCUT2D eigenvalue weighted by molar-refractivity contribution is -0.145. The Morgan fingerprint density at radius 2 is 2.37 bits per heavy atom. The zero-order valence-corrected chi connectivity index (χ0v) is 11.1. The van der Waals surface area contributed by atoms with E-state index in [1.165, 1.54) is 0 Å². The van der Waals surface area contributed by atoms with Crippen molar-refractivity contribution in [3.8, 4) is 6.07 Å². The third-order valence-corrected chi connectivity index (χ3v) is 3.35. The van der Waals surface area contributed by atoms with Gasteiger partial charge < -0.3 is 10.1 Å². The largest absolute Gasteiger partial charge is 0.465 e. The second-order valence-corrected chi connectivity index (χ2v) is 4.76. The normalized spacial score (nSPS) is 21.9. The van der Waals surface area contributed by atoms with Crippen LogP contribution < -0.4 is 5.32 Å². The van der Waals surface area contributed by atoms with Gasteiger partial charge in [0.1, 0.15) is 6.04 Å². The molecule has 2 atom stereocenters. The van der Waals surface area contributed by atoms with Crippen molar-refractivity contribution < 1.29 is 9.53 Å².